The summed E-state index contributed by atoms with van der Waals surface area (Å²) in [5, 5.41) is 0. The summed E-state index contributed by atoms with van der Waals surface area (Å²) in [6.45, 7) is 4.22. The molecule has 0 aliphatic rings. The predicted octanol–water partition coefficient (Wildman–Crippen LogP) is 4.95. The van der Waals surface area contributed by atoms with Crippen LogP contribution in [0.25, 0.3) is 0 Å². The number of ether oxygens (including phenoxy) is 1. The molecule has 110 valence electrons. The number of hydrogen-bond acceptors (Lipinski definition) is 3. The first-order valence-corrected chi connectivity index (χ1v) is 7.62. The molecular formula is C17H19NO2S. The third-order valence-corrected chi connectivity index (χ3v) is 3.88. The second-order valence-electron chi connectivity index (χ2n) is 5.00. The fraction of sp³-hybridized carbons (Fsp3) is 0.235. The highest BCUT2D eigenvalue weighted by molar-refractivity contribution is 7.97. The lowest BCUT2D eigenvalue weighted by molar-refractivity contribution is 0.187. The molecule has 2 rings (SSSR count). The first-order chi connectivity index (χ1) is 10.1. The van der Waals surface area contributed by atoms with Gasteiger partial charge in [-0.3, -0.25) is 0 Å². The van der Waals surface area contributed by atoms with Gasteiger partial charge in [0.1, 0.15) is 5.75 Å². The molecule has 0 radical (unpaired) electrons. The topological polar surface area (TPSA) is 29.5 Å². The molecule has 0 fully saturated rings. The zero-order valence-electron chi connectivity index (χ0n) is 12.4. The molecular weight excluding hydrogens is 282 g/mol. The second kappa shape index (κ2) is 7.18. The van der Waals surface area contributed by atoms with Gasteiger partial charge in [0.05, 0.1) is 0 Å². The van der Waals surface area contributed by atoms with E-state index in [4.69, 9.17) is 4.74 Å². The zero-order chi connectivity index (χ0) is 15.2. The van der Waals surface area contributed by atoms with E-state index in [-0.39, 0.29) is 6.09 Å². The van der Waals surface area contributed by atoms with E-state index in [0.717, 1.165) is 10.5 Å². The summed E-state index contributed by atoms with van der Waals surface area (Å²) in [7, 11) is 1.70. The van der Waals surface area contributed by atoms with Crippen molar-refractivity contribution in [2.45, 2.75) is 24.7 Å². The van der Waals surface area contributed by atoms with Gasteiger partial charge in [-0.1, -0.05) is 44.2 Å². The molecule has 4 heteroatoms. The summed E-state index contributed by atoms with van der Waals surface area (Å²) in [4.78, 5) is 13.1. The number of nitrogens with zero attached hydrogens (tertiary/aromatic N) is 1. The summed E-state index contributed by atoms with van der Waals surface area (Å²) in [6, 6.07) is 17.4. The van der Waals surface area contributed by atoms with Crippen molar-refractivity contribution < 1.29 is 9.53 Å². The Labute approximate surface area is 130 Å². The van der Waals surface area contributed by atoms with Crippen LogP contribution < -0.4 is 4.74 Å². The Morgan fingerprint density at radius 2 is 1.81 bits per heavy atom. The predicted molar refractivity (Wildman–Crippen MR) is 86.6 cm³/mol. The molecule has 0 aliphatic carbocycles. The summed E-state index contributed by atoms with van der Waals surface area (Å²) in [6.07, 6.45) is -0.384. The Balaban J connectivity index is 1.99. The fourth-order valence-electron chi connectivity index (χ4n) is 1.78. The van der Waals surface area contributed by atoms with Crippen molar-refractivity contribution in [1.29, 1.82) is 0 Å². The molecule has 1 amide bonds. The number of rotatable bonds is 4. The molecule has 21 heavy (non-hydrogen) atoms. The number of benzene rings is 2. The minimum Gasteiger partial charge on any atom is -0.410 e. The smallest absolute Gasteiger partial charge is 0.410 e. The first kappa shape index (κ1) is 15.4. The van der Waals surface area contributed by atoms with Crippen molar-refractivity contribution >= 4 is 18.0 Å². The molecule has 0 N–H and O–H groups in total. The monoisotopic (exact) mass is 301 g/mol. The molecule has 0 saturated heterocycles. The van der Waals surface area contributed by atoms with E-state index < -0.39 is 0 Å². The van der Waals surface area contributed by atoms with Crippen LogP contribution in [0.1, 0.15) is 25.3 Å². The Bertz CT molecular complexity index is 599. The Kier molecular flexibility index (Phi) is 5.28. The summed E-state index contributed by atoms with van der Waals surface area (Å²) >= 11 is 1.34. The van der Waals surface area contributed by atoms with E-state index in [1.165, 1.54) is 16.3 Å². The van der Waals surface area contributed by atoms with Crippen molar-refractivity contribution in [3.05, 3.63) is 60.2 Å². The van der Waals surface area contributed by atoms with E-state index in [2.05, 4.69) is 13.8 Å². The van der Waals surface area contributed by atoms with E-state index in [9.17, 15) is 4.79 Å². The van der Waals surface area contributed by atoms with Gasteiger partial charge in [-0.05, 0) is 47.7 Å². The van der Waals surface area contributed by atoms with Crippen LogP contribution in [0.5, 0.6) is 5.75 Å². The van der Waals surface area contributed by atoms with Gasteiger partial charge in [0, 0.05) is 11.9 Å². The molecule has 0 aromatic heterocycles. The Morgan fingerprint density at radius 1 is 1.10 bits per heavy atom. The highest BCUT2D eigenvalue weighted by Crippen LogP contribution is 2.24. The van der Waals surface area contributed by atoms with Gasteiger partial charge in [-0.2, -0.15) is 0 Å². The molecule has 2 aromatic rings. The minimum absolute atomic E-state index is 0.384. The van der Waals surface area contributed by atoms with Gasteiger partial charge < -0.3 is 4.74 Å². The highest BCUT2D eigenvalue weighted by atomic mass is 32.2. The average Bonchev–Trinajstić information content (AvgIpc) is 2.48. The molecule has 0 saturated carbocycles. The highest BCUT2D eigenvalue weighted by Gasteiger charge is 2.13. The van der Waals surface area contributed by atoms with Crippen molar-refractivity contribution in [2.75, 3.05) is 7.05 Å². The maximum Gasteiger partial charge on any atom is 0.425 e. The Hall–Kier alpha value is -1.94. The van der Waals surface area contributed by atoms with Crippen LogP contribution in [0, 0.1) is 0 Å². The van der Waals surface area contributed by atoms with Crippen LogP contribution in [-0.2, 0) is 0 Å². The minimum atomic E-state index is -0.384. The molecule has 3 nitrogen and oxygen atoms in total. The van der Waals surface area contributed by atoms with Gasteiger partial charge in [0.2, 0.25) is 0 Å². The van der Waals surface area contributed by atoms with Gasteiger partial charge in [-0.25, -0.2) is 9.10 Å². The third kappa shape index (κ3) is 4.53. The molecule has 0 bridgehead atoms. The third-order valence-electron chi connectivity index (χ3n) is 2.97. The quantitative estimate of drug-likeness (QED) is 0.748. The second-order valence-corrected chi connectivity index (χ2v) is 6.20. The fourth-order valence-corrected chi connectivity index (χ4v) is 2.49. The summed E-state index contributed by atoms with van der Waals surface area (Å²) < 4.78 is 6.89. The van der Waals surface area contributed by atoms with Crippen LogP contribution >= 0.6 is 11.9 Å². The SMILES string of the molecule is CC(C)c1cccc(OC(=O)N(C)Sc2ccccc2)c1. The molecule has 0 atom stereocenters. The lowest BCUT2D eigenvalue weighted by atomic mass is 10.0. The van der Waals surface area contributed by atoms with Crippen molar-refractivity contribution in [3.63, 3.8) is 0 Å². The maximum absolute atomic E-state index is 12.1. The maximum atomic E-state index is 12.1. The van der Waals surface area contributed by atoms with Crippen molar-refractivity contribution in [3.8, 4) is 5.75 Å². The Morgan fingerprint density at radius 3 is 2.48 bits per heavy atom. The van der Waals surface area contributed by atoms with Crippen LogP contribution in [0.15, 0.2) is 59.5 Å². The number of amides is 1. The van der Waals surface area contributed by atoms with Crippen LogP contribution in [-0.4, -0.2) is 17.4 Å². The van der Waals surface area contributed by atoms with Gasteiger partial charge in [0.25, 0.3) is 0 Å². The molecule has 2 aromatic carbocycles. The van der Waals surface area contributed by atoms with Crippen molar-refractivity contribution in [2.24, 2.45) is 0 Å². The van der Waals surface area contributed by atoms with E-state index in [1.807, 2.05) is 48.5 Å². The zero-order valence-corrected chi connectivity index (χ0v) is 13.3. The number of carbonyl (C=O) groups is 1. The normalized spacial score (nSPS) is 10.5. The van der Waals surface area contributed by atoms with E-state index in [1.54, 1.807) is 13.1 Å². The molecule has 0 spiro atoms. The number of hydrogen-bond donors (Lipinski definition) is 0. The van der Waals surface area contributed by atoms with Crippen LogP contribution in [0.2, 0.25) is 0 Å². The lowest BCUT2D eigenvalue weighted by Crippen LogP contribution is -2.23. The largest absolute Gasteiger partial charge is 0.425 e. The van der Waals surface area contributed by atoms with Crippen LogP contribution in [0.4, 0.5) is 4.79 Å². The molecule has 0 heterocycles. The van der Waals surface area contributed by atoms with E-state index in [0.29, 0.717) is 11.7 Å². The first-order valence-electron chi connectivity index (χ1n) is 6.85. The van der Waals surface area contributed by atoms with Gasteiger partial charge in [-0.15, -0.1) is 0 Å². The number of carbonyl (C=O) groups excluding carboxylic acids is 1. The molecule has 0 aliphatic heterocycles. The molecule has 0 unspecified atom stereocenters. The van der Waals surface area contributed by atoms with Crippen LogP contribution in [0.3, 0.4) is 0 Å². The van der Waals surface area contributed by atoms with Crippen molar-refractivity contribution in [1.82, 2.24) is 4.31 Å². The van der Waals surface area contributed by atoms with E-state index >= 15 is 0 Å². The standard InChI is InChI=1S/C17H19NO2S/c1-13(2)14-8-7-9-15(12-14)20-17(19)18(3)21-16-10-5-4-6-11-16/h4-13H,1-3H3. The summed E-state index contributed by atoms with van der Waals surface area (Å²) in [5.41, 5.74) is 1.15. The van der Waals surface area contributed by atoms with Gasteiger partial charge >= 0.3 is 6.09 Å². The average molecular weight is 301 g/mol. The lowest BCUT2D eigenvalue weighted by Gasteiger charge is -2.16. The van der Waals surface area contributed by atoms with Gasteiger partial charge in [0.15, 0.2) is 0 Å². The summed E-state index contributed by atoms with van der Waals surface area (Å²) in [5.74, 6) is 0.979.